The van der Waals surface area contributed by atoms with Crippen molar-refractivity contribution < 1.29 is 9.59 Å². The average molecular weight is 284 g/mol. The largest absolute Gasteiger partial charge is 0.343 e. The minimum absolute atomic E-state index is 0.00130. The molecular formula is C14H24N2O2S. The molecule has 1 saturated heterocycles. The van der Waals surface area contributed by atoms with Crippen molar-refractivity contribution in [1.82, 2.24) is 10.2 Å². The molecule has 2 amide bonds. The van der Waals surface area contributed by atoms with Crippen LogP contribution >= 0.6 is 11.8 Å². The van der Waals surface area contributed by atoms with Crippen molar-refractivity contribution in [3.63, 3.8) is 0 Å². The first-order valence-corrected chi connectivity index (χ1v) is 8.39. The van der Waals surface area contributed by atoms with Crippen molar-refractivity contribution in [3.8, 4) is 0 Å². The Morgan fingerprint density at radius 2 is 2.05 bits per heavy atom. The van der Waals surface area contributed by atoms with Gasteiger partial charge in [-0.3, -0.25) is 9.59 Å². The van der Waals surface area contributed by atoms with Gasteiger partial charge in [-0.25, -0.2) is 0 Å². The first-order valence-electron chi connectivity index (χ1n) is 7.34. The van der Waals surface area contributed by atoms with Crippen molar-refractivity contribution >= 4 is 23.6 Å². The fourth-order valence-corrected chi connectivity index (χ4v) is 4.46. The van der Waals surface area contributed by atoms with Crippen molar-refractivity contribution in [2.24, 2.45) is 0 Å². The van der Waals surface area contributed by atoms with Crippen molar-refractivity contribution in [1.29, 1.82) is 0 Å². The van der Waals surface area contributed by atoms with Crippen molar-refractivity contribution in [3.05, 3.63) is 0 Å². The van der Waals surface area contributed by atoms with Crippen LogP contribution in [-0.2, 0) is 9.59 Å². The Labute approximate surface area is 119 Å². The summed E-state index contributed by atoms with van der Waals surface area (Å²) in [4.78, 5) is 26.5. The average Bonchev–Trinajstić information content (AvgIpc) is 2.83. The van der Waals surface area contributed by atoms with E-state index in [1.807, 2.05) is 30.5 Å². The number of amides is 2. The summed E-state index contributed by atoms with van der Waals surface area (Å²) in [6.07, 6.45) is 4.04. The lowest BCUT2D eigenvalue weighted by Gasteiger charge is -2.42. The zero-order valence-electron chi connectivity index (χ0n) is 12.0. The van der Waals surface area contributed by atoms with Gasteiger partial charge in [0, 0.05) is 11.3 Å². The van der Waals surface area contributed by atoms with Gasteiger partial charge < -0.3 is 10.2 Å². The SMILES string of the molecule is CCSC1CCCC1N1C(=O)C(CC)NC(=O)C1C. The van der Waals surface area contributed by atoms with Crippen LogP contribution in [0.5, 0.6) is 0 Å². The lowest BCUT2D eigenvalue weighted by molar-refractivity contribution is -0.151. The van der Waals surface area contributed by atoms with Gasteiger partial charge in [-0.1, -0.05) is 20.3 Å². The Hall–Kier alpha value is -0.710. The molecule has 2 rings (SSSR count). The highest BCUT2D eigenvalue weighted by Gasteiger charge is 2.44. The zero-order valence-corrected chi connectivity index (χ0v) is 12.8. The van der Waals surface area contributed by atoms with E-state index in [0.717, 1.165) is 25.0 Å². The molecule has 1 aliphatic carbocycles. The van der Waals surface area contributed by atoms with Gasteiger partial charge >= 0.3 is 0 Å². The summed E-state index contributed by atoms with van der Waals surface area (Å²) >= 11 is 1.93. The summed E-state index contributed by atoms with van der Waals surface area (Å²) in [5, 5.41) is 3.33. The summed E-state index contributed by atoms with van der Waals surface area (Å²) in [5.74, 6) is 1.18. The van der Waals surface area contributed by atoms with Crippen LogP contribution in [0.2, 0.25) is 0 Å². The number of thioether (sulfide) groups is 1. The first kappa shape index (κ1) is 14.7. The Balaban J connectivity index is 2.19. The molecule has 1 N–H and O–H groups in total. The topological polar surface area (TPSA) is 49.4 Å². The maximum absolute atomic E-state index is 12.6. The number of nitrogens with zero attached hydrogens (tertiary/aromatic N) is 1. The van der Waals surface area contributed by atoms with E-state index in [0.29, 0.717) is 11.7 Å². The number of carbonyl (C=O) groups excluding carboxylic acids is 2. The van der Waals surface area contributed by atoms with E-state index in [-0.39, 0.29) is 29.9 Å². The summed E-state index contributed by atoms with van der Waals surface area (Å²) in [7, 11) is 0. The van der Waals surface area contributed by atoms with Gasteiger partial charge in [0.25, 0.3) is 0 Å². The lowest BCUT2D eigenvalue weighted by Crippen LogP contribution is -2.65. The van der Waals surface area contributed by atoms with Gasteiger partial charge in [-0.2, -0.15) is 11.8 Å². The summed E-state index contributed by atoms with van der Waals surface area (Å²) in [5.41, 5.74) is 0. The van der Waals surface area contributed by atoms with Crippen molar-refractivity contribution in [2.45, 2.75) is 69.8 Å². The van der Waals surface area contributed by atoms with Gasteiger partial charge in [0.1, 0.15) is 12.1 Å². The van der Waals surface area contributed by atoms with Crippen LogP contribution in [0.4, 0.5) is 0 Å². The molecule has 19 heavy (non-hydrogen) atoms. The molecule has 1 heterocycles. The van der Waals surface area contributed by atoms with Gasteiger partial charge in [0.15, 0.2) is 0 Å². The van der Waals surface area contributed by atoms with Crippen LogP contribution in [0.25, 0.3) is 0 Å². The summed E-state index contributed by atoms with van der Waals surface area (Å²) in [6.45, 7) is 5.96. The fourth-order valence-electron chi connectivity index (χ4n) is 3.21. The van der Waals surface area contributed by atoms with Gasteiger partial charge in [0.2, 0.25) is 11.8 Å². The molecule has 5 heteroatoms. The normalized spacial score (nSPS) is 35.6. The number of hydrogen-bond donors (Lipinski definition) is 1. The highest BCUT2D eigenvalue weighted by molar-refractivity contribution is 7.99. The van der Waals surface area contributed by atoms with Crippen LogP contribution in [0.1, 0.15) is 46.5 Å². The summed E-state index contributed by atoms with van der Waals surface area (Å²) < 4.78 is 0. The number of hydrogen-bond acceptors (Lipinski definition) is 3. The number of piperazine rings is 1. The van der Waals surface area contributed by atoms with Crippen LogP contribution < -0.4 is 5.32 Å². The summed E-state index contributed by atoms with van der Waals surface area (Å²) in [6, 6.07) is -0.400. The molecule has 4 unspecified atom stereocenters. The molecule has 4 atom stereocenters. The molecule has 4 nitrogen and oxygen atoms in total. The second-order valence-electron chi connectivity index (χ2n) is 5.38. The fraction of sp³-hybridized carbons (Fsp3) is 0.857. The molecule has 0 aromatic carbocycles. The third-order valence-electron chi connectivity index (χ3n) is 4.23. The van der Waals surface area contributed by atoms with Crippen LogP contribution in [0.15, 0.2) is 0 Å². The molecule has 1 aliphatic heterocycles. The molecule has 108 valence electrons. The number of rotatable bonds is 4. The Morgan fingerprint density at radius 1 is 1.32 bits per heavy atom. The van der Waals surface area contributed by atoms with E-state index < -0.39 is 0 Å². The minimum Gasteiger partial charge on any atom is -0.343 e. The highest BCUT2D eigenvalue weighted by Crippen LogP contribution is 2.35. The van der Waals surface area contributed by atoms with E-state index in [1.165, 1.54) is 0 Å². The lowest BCUT2D eigenvalue weighted by atomic mass is 10.0. The van der Waals surface area contributed by atoms with Crippen LogP contribution in [-0.4, -0.2) is 45.8 Å². The van der Waals surface area contributed by atoms with Gasteiger partial charge in [-0.05, 0) is 31.9 Å². The molecular weight excluding hydrogens is 260 g/mol. The molecule has 0 aromatic rings. The Kier molecular flexibility index (Phi) is 4.76. The maximum Gasteiger partial charge on any atom is 0.246 e. The second-order valence-corrected chi connectivity index (χ2v) is 6.90. The predicted molar refractivity (Wildman–Crippen MR) is 78.1 cm³/mol. The number of carbonyl (C=O) groups is 2. The minimum atomic E-state index is -0.323. The maximum atomic E-state index is 12.6. The Morgan fingerprint density at radius 3 is 2.68 bits per heavy atom. The quantitative estimate of drug-likeness (QED) is 0.856. The van der Waals surface area contributed by atoms with Crippen LogP contribution in [0.3, 0.4) is 0 Å². The molecule has 0 bridgehead atoms. The molecule has 0 spiro atoms. The predicted octanol–water partition coefficient (Wildman–Crippen LogP) is 1.79. The monoisotopic (exact) mass is 284 g/mol. The van der Waals surface area contributed by atoms with Gasteiger partial charge in [-0.15, -0.1) is 0 Å². The smallest absolute Gasteiger partial charge is 0.246 e. The van der Waals surface area contributed by atoms with Gasteiger partial charge in [0.05, 0.1) is 0 Å². The molecule has 1 saturated carbocycles. The van der Waals surface area contributed by atoms with Crippen molar-refractivity contribution in [2.75, 3.05) is 5.75 Å². The van der Waals surface area contributed by atoms with Crippen LogP contribution in [0, 0.1) is 0 Å². The van der Waals surface area contributed by atoms with E-state index >= 15 is 0 Å². The first-order chi connectivity index (χ1) is 9.10. The van der Waals surface area contributed by atoms with E-state index in [1.54, 1.807) is 0 Å². The molecule has 2 aliphatic rings. The third-order valence-corrected chi connectivity index (χ3v) is 5.54. The molecule has 0 aromatic heterocycles. The second kappa shape index (κ2) is 6.16. The molecule has 0 radical (unpaired) electrons. The van der Waals surface area contributed by atoms with E-state index in [4.69, 9.17) is 0 Å². The van der Waals surface area contributed by atoms with E-state index in [9.17, 15) is 9.59 Å². The highest BCUT2D eigenvalue weighted by atomic mass is 32.2. The molecule has 2 fully saturated rings. The number of nitrogens with one attached hydrogen (secondary N) is 1. The van der Waals surface area contributed by atoms with E-state index in [2.05, 4.69) is 12.2 Å². The zero-order chi connectivity index (χ0) is 14.0. The standard InChI is InChI=1S/C14H24N2O2S/c1-4-10-14(18)16(9(3)13(17)15-10)11-7-6-8-12(11)19-5-2/h9-12H,4-8H2,1-3H3,(H,15,17). The third kappa shape index (κ3) is 2.76. The Bertz CT molecular complexity index is 361.